The Hall–Kier alpha value is -0.720. The number of aromatic nitrogens is 2. The first-order chi connectivity index (χ1) is 9.76. The average Bonchev–Trinajstić information content (AvgIpc) is 2.90. The van der Waals surface area contributed by atoms with Gasteiger partial charge in [-0.05, 0) is 30.7 Å². The Morgan fingerprint density at radius 2 is 1.65 bits per heavy atom. The lowest BCUT2D eigenvalue weighted by atomic mass is 10.4. The highest BCUT2D eigenvalue weighted by Gasteiger charge is 1.98. The molecule has 0 amide bonds. The smallest absolute Gasteiger partial charge is 0.203 e. The van der Waals surface area contributed by atoms with Crippen LogP contribution in [0.15, 0.2) is 39.6 Å². The van der Waals surface area contributed by atoms with Crippen molar-refractivity contribution in [3.05, 3.63) is 30.3 Å². The first-order valence-corrected chi connectivity index (χ1v) is 9.44. The number of hydrogen-bond acceptors (Lipinski definition) is 6. The Kier molecular flexibility index (Phi) is 9.53. The molecule has 0 saturated heterocycles. The molecule has 20 heavy (non-hydrogen) atoms. The number of thioether (sulfide) groups is 2. The zero-order valence-corrected chi connectivity index (χ0v) is 14.4. The summed E-state index contributed by atoms with van der Waals surface area (Å²) >= 11 is 5.07. The fraction of sp³-hybridized carbons (Fsp3) is 0.429. The van der Waals surface area contributed by atoms with E-state index in [0.717, 1.165) is 16.5 Å². The van der Waals surface area contributed by atoms with E-state index in [4.69, 9.17) is 5.73 Å². The minimum Gasteiger partial charge on any atom is -0.374 e. The van der Waals surface area contributed by atoms with E-state index in [0.29, 0.717) is 5.13 Å². The number of nitrogen functional groups attached to an aromatic ring is 1. The van der Waals surface area contributed by atoms with Gasteiger partial charge in [0, 0.05) is 10.6 Å². The quantitative estimate of drug-likeness (QED) is 0.772. The van der Waals surface area contributed by atoms with Crippen molar-refractivity contribution in [2.75, 3.05) is 17.2 Å². The highest BCUT2D eigenvalue weighted by Crippen LogP contribution is 2.23. The molecule has 1 aromatic heterocycles. The minimum atomic E-state index is 0.554. The van der Waals surface area contributed by atoms with Gasteiger partial charge in [0.2, 0.25) is 5.13 Å². The molecule has 0 aliphatic carbocycles. The fourth-order valence-electron chi connectivity index (χ4n) is 1.20. The van der Waals surface area contributed by atoms with E-state index in [1.165, 1.54) is 28.4 Å². The molecule has 0 aliphatic heterocycles. The maximum Gasteiger partial charge on any atom is 0.203 e. The summed E-state index contributed by atoms with van der Waals surface area (Å²) in [6.45, 7) is 4.34. The van der Waals surface area contributed by atoms with Gasteiger partial charge in [0.15, 0.2) is 4.34 Å². The second kappa shape index (κ2) is 11.0. The molecule has 0 radical (unpaired) electrons. The molecule has 0 atom stereocenters. The van der Waals surface area contributed by atoms with Gasteiger partial charge in [-0.2, -0.15) is 0 Å². The van der Waals surface area contributed by atoms with Gasteiger partial charge in [0.25, 0.3) is 0 Å². The van der Waals surface area contributed by atoms with Gasteiger partial charge in [0.05, 0.1) is 0 Å². The van der Waals surface area contributed by atoms with Crippen molar-refractivity contribution in [2.24, 2.45) is 0 Å². The van der Waals surface area contributed by atoms with E-state index >= 15 is 0 Å². The number of nitrogens with zero attached hydrogens (tertiary/aromatic N) is 2. The van der Waals surface area contributed by atoms with Gasteiger partial charge >= 0.3 is 0 Å². The molecule has 0 spiro atoms. The van der Waals surface area contributed by atoms with Crippen molar-refractivity contribution in [3.63, 3.8) is 0 Å². The zero-order valence-electron chi connectivity index (χ0n) is 11.9. The molecular formula is C14H21N3S3. The summed E-state index contributed by atoms with van der Waals surface area (Å²) in [4.78, 5) is 1.38. The minimum absolute atomic E-state index is 0.554. The van der Waals surface area contributed by atoms with E-state index in [-0.39, 0.29) is 0 Å². The Bertz CT molecular complexity index is 460. The first kappa shape index (κ1) is 17.3. The lowest BCUT2D eigenvalue weighted by Crippen LogP contribution is -1.79. The molecule has 0 fully saturated rings. The molecule has 3 nitrogen and oxygen atoms in total. The van der Waals surface area contributed by atoms with Crippen LogP contribution in [-0.4, -0.2) is 21.7 Å². The van der Waals surface area contributed by atoms with Crippen molar-refractivity contribution < 1.29 is 0 Å². The van der Waals surface area contributed by atoms with Crippen LogP contribution in [0.4, 0.5) is 5.13 Å². The Labute approximate surface area is 133 Å². The van der Waals surface area contributed by atoms with Crippen LogP contribution < -0.4 is 5.73 Å². The number of hydrogen-bond donors (Lipinski definition) is 1. The molecule has 110 valence electrons. The SMILES string of the molecule is CCCSc1ccccc1.CCCSc1nnc(N)s1. The van der Waals surface area contributed by atoms with E-state index in [2.05, 4.69) is 54.4 Å². The van der Waals surface area contributed by atoms with Crippen molar-refractivity contribution >= 4 is 40.0 Å². The molecule has 0 bridgehead atoms. The number of anilines is 1. The predicted molar refractivity (Wildman–Crippen MR) is 92.8 cm³/mol. The summed E-state index contributed by atoms with van der Waals surface area (Å²) < 4.78 is 0.972. The number of rotatable bonds is 6. The molecule has 6 heteroatoms. The molecule has 2 N–H and O–H groups in total. The maximum absolute atomic E-state index is 5.38. The van der Waals surface area contributed by atoms with Crippen molar-refractivity contribution in [1.82, 2.24) is 10.2 Å². The third-order valence-electron chi connectivity index (χ3n) is 2.07. The molecule has 0 saturated carbocycles. The van der Waals surface area contributed by atoms with Crippen LogP contribution in [-0.2, 0) is 0 Å². The van der Waals surface area contributed by atoms with Crippen molar-refractivity contribution in [1.29, 1.82) is 0 Å². The lowest BCUT2D eigenvalue weighted by molar-refractivity contribution is 1.01. The van der Waals surface area contributed by atoms with Crippen LogP contribution in [0.1, 0.15) is 26.7 Å². The summed E-state index contributed by atoms with van der Waals surface area (Å²) in [6, 6.07) is 10.5. The maximum atomic E-state index is 5.38. The monoisotopic (exact) mass is 327 g/mol. The van der Waals surface area contributed by atoms with Crippen molar-refractivity contribution in [2.45, 2.75) is 35.9 Å². The Morgan fingerprint density at radius 3 is 2.20 bits per heavy atom. The van der Waals surface area contributed by atoms with Crippen LogP contribution >= 0.6 is 34.9 Å². The summed E-state index contributed by atoms with van der Waals surface area (Å²) in [5, 5.41) is 8.11. The standard InChI is InChI=1S/C9H12S.C5H9N3S2/c1-2-8-10-9-6-4-3-5-7-9;1-2-3-9-5-8-7-4(6)10-5/h3-7H,2,8H2,1H3;2-3H2,1H3,(H2,6,7). The van der Waals surface area contributed by atoms with Gasteiger partial charge in [-0.15, -0.1) is 22.0 Å². The van der Waals surface area contributed by atoms with Gasteiger partial charge in [0.1, 0.15) is 0 Å². The van der Waals surface area contributed by atoms with Gasteiger partial charge in [-0.1, -0.05) is 55.1 Å². The average molecular weight is 328 g/mol. The van der Waals surface area contributed by atoms with Crippen LogP contribution in [0.5, 0.6) is 0 Å². The second-order valence-corrected chi connectivity index (χ2v) is 7.44. The summed E-state index contributed by atoms with van der Waals surface area (Å²) in [6.07, 6.45) is 2.41. The summed E-state index contributed by atoms with van der Waals surface area (Å²) in [7, 11) is 0. The Balaban J connectivity index is 0.000000200. The lowest BCUT2D eigenvalue weighted by Gasteiger charge is -1.96. The van der Waals surface area contributed by atoms with Crippen LogP contribution in [0, 0.1) is 0 Å². The third kappa shape index (κ3) is 7.77. The van der Waals surface area contributed by atoms with Crippen LogP contribution in [0.3, 0.4) is 0 Å². The van der Waals surface area contributed by atoms with Crippen LogP contribution in [0.2, 0.25) is 0 Å². The molecule has 1 heterocycles. The first-order valence-electron chi connectivity index (χ1n) is 6.65. The Morgan fingerprint density at radius 1 is 1.00 bits per heavy atom. The summed E-state index contributed by atoms with van der Waals surface area (Å²) in [5.74, 6) is 2.32. The topological polar surface area (TPSA) is 51.8 Å². The molecule has 0 unspecified atom stereocenters. The van der Waals surface area contributed by atoms with Gasteiger partial charge in [-0.3, -0.25) is 0 Å². The normalized spacial score (nSPS) is 9.90. The molecule has 1 aromatic carbocycles. The largest absolute Gasteiger partial charge is 0.374 e. The molecule has 2 rings (SSSR count). The highest BCUT2D eigenvalue weighted by molar-refractivity contribution is 8.01. The van der Waals surface area contributed by atoms with Gasteiger partial charge in [-0.25, -0.2) is 0 Å². The van der Waals surface area contributed by atoms with E-state index in [9.17, 15) is 0 Å². The highest BCUT2D eigenvalue weighted by atomic mass is 32.2. The van der Waals surface area contributed by atoms with Crippen molar-refractivity contribution in [3.8, 4) is 0 Å². The number of benzene rings is 1. The second-order valence-electron chi connectivity index (χ2n) is 3.92. The zero-order chi connectivity index (χ0) is 14.6. The van der Waals surface area contributed by atoms with Gasteiger partial charge < -0.3 is 5.73 Å². The van der Waals surface area contributed by atoms with E-state index in [1.54, 1.807) is 11.8 Å². The number of nitrogens with two attached hydrogens (primary N) is 1. The molecule has 0 aliphatic rings. The van der Waals surface area contributed by atoms with E-state index in [1.807, 2.05) is 11.8 Å². The third-order valence-corrected chi connectivity index (χ3v) is 5.38. The van der Waals surface area contributed by atoms with E-state index < -0.39 is 0 Å². The molecular weight excluding hydrogens is 306 g/mol. The predicted octanol–water partition coefficient (Wildman–Crippen LogP) is 4.81. The van der Waals surface area contributed by atoms with Crippen LogP contribution in [0.25, 0.3) is 0 Å². The molecule has 2 aromatic rings. The summed E-state index contributed by atoms with van der Waals surface area (Å²) in [5.41, 5.74) is 5.38. The fourth-order valence-corrected chi connectivity index (χ4v) is 3.56.